The minimum absolute atomic E-state index is 0.336. The molecule has 2 rings (SSSR count). The molecule has 0 saturated heterocycles. The number of amides is 4. The van der Waals surface area contributed by atoms with Crippen LogP contribution in [0.3, 0.4) is 0 Å². The van der Waals surface area contributed by atoms with Crippen LogP contribution in [-0.2, 0) is 33.4 Å². The summed E-state index contributed by atoms with van der Waals surface area (Å²) in [6.07, 6.45) is 3.32. The maximum Gasteiger partial charge on any atom is 0.254 e. The van der Waals surface area contributed by atoms with Gasteiger partial charge in [0.1, 0.15) is 0 Å². The molecule has 2 aliphatic rings. The van der Waals surface area contributed by atoms with Crippen molar-refractivity contribution in [1.82, 2.24) is 10.6 Å². The fourth-order valence-corrected chi connectivity index (χ4v) is 2.18. The molecule has 25 heavy (non-hydrogen) atoms. The van der Waals surface area contributed by atoms with Crippen LogP contribution in [-0.4, -0.2) is 63.3 Å². The lowest BCUT2D eigenvalue weighted by Gasteiger charge is -2.07. The zero-order valence-electron chi connectivity index (χ0n) is 13.7. The van der Waals surface area contributed by atoms with Crippen LogP contribution >= 0.6 is 0 Å². The summed E-state index contributed by atoms with van der Waals surface area (Å²) >= 11 is 0. The molecular weight excluding hydrogens is 332 g/mol. The highest BCUT2D eigenvalue weighted by molar-refractivity contribution is 6.16. The SMILES string of the molecule is O=C1C=C(CCOCCOCCOCCC2=CC(=O)NC2=O)C(=O)N1. The van der Waals surface area contributed by atoms with Crippen molar-refractivity contribution >= 4 is 23.6 Å². The number of carbonyl (C=O) groups is 4. The molecule has 0 aromatic heterocycles. The van der Waals surface area contributed by atoms with Crippen LogP contribution in [0.15, 0.2) is 23.3 Å². The van der Waals surface area contributed by atoms with Crippen LogP contribution in [0.4, 0.5) is 0 Å². The van der Waals surface area contributed by atoms with Crippen molar-refractivity contribution in [2.75, 3.05) is 39.6 Å². The molecule has 2 N–H and O–H groups in total. The number of nitrogens with one attached hydrogen (secondary N) is 2. The summed E-state index contributed by atoms with van der Waals surface area (Å²) in [4.78, 5) is 44.4. The second-order valence-corrected chi connectivity index (χ2v) is 5.31. The van der Waals surface area contributed by atoms with Crippen molar-refractivity contribution in [1.29, 1.82) is 0 Å². The van der Waals surface area contributed by atoms with Gasteiger partial charge in [-0.2, -0.15) is 0 Å². The number of carbonyl (C=O) groups excluding carboxylic acids is 4. The van der Waals surface area contributed by atoms with E-state index in [1.807, 2.05) is 0 Å². The molecule has 2 aliphatic heterocycles. The monoisotopic (exact) mass is 352 g/mol. The third-order valence-corrected chi connectivity index (χ3v) is 3.44. The Morgan fingerprint density at radius 1 is 0.600 bits per heavy atom. The van der Waals surface area contributed by atoms with Crippen molar-refractivity contribution < 1.29 is 33.4 Å². The van der Waals surface area contributed by atoms with Crippen molar-refractivity contribution in [3.05, 3.63) is 23.3 Å². The Labute approximate surface area is 144 Å². The first kappa shape index (κ1) is 19.0. The fraction of sp³-hybridized carbons (Fsp3) is 0.500. The summed E-state index contributed by atoms with van der Waals surface area (Å²) in [5.41, 5.74) is 0.846. The highest BCUT2D eigenvalue weighted by Gasteiger charge is 2.20. The average molecular weight is 352 g/mol. The molecular formula is C16H20N2O7. The summed E-state index contributed by atoms with van der Waals surface area (Å²) in [5, 5.41) is 4.34. The summed E-state index contributed by atoms with van der Waals surface area (Å²) in [6.45, 7) is 2.19. The Kier molecular flexibility index (Phi) is 7.45. The molecule has 0 aromatic rings. The second-order valence-electron chi connectivity index (χ2n) is 5.31. The van der Waals surface area contributed by atoms with E-state index in [2.05, 4.69) is 10.6 Å². The van der Waals surface area contributed by atoms with Gasteiger partial charge in [0.15, 0.2) is 0 Å². The van der Waals surface area contributed by atoms with E-state index in [-0.39, 0.29) is 23.6 Å². The van der Waals surface area contributed by atoms with Crippen molar-refractivity contribution in [2.45, 2.75) is 12.8 Å². The molecule has 0 aromatic carbocycles. The normalized spacial score (nSPS) is 16.8. The molecule has 0 bridgehead atoms. The molecule has 0 saturated carbocycles. The Balaban J connectivity index is 1.38. The molecule has 0 aliphatic carbocycles. The van der Waals surface area contributed by atoms with Crippen molar-refractivity contribution in [3.8, 4) is 0 Å². The number of imide groups is 2. The van der Waals surface area contributed by atoms with Gasteiger partial charge >= 0.3 is 0 Å². The Bertz CT molecular complexity index is 558. The van der Waals surface area contributed by atoms with Crippen molar-refractivity contribution in [2.24, 2.45) is 0 Å². The van der Waals surface area contributed by atoms with Gasteiger partial charge in [0.05, 0.1) is 39.6 Å². The molecule has 9 nitrogen and oxygen atoms in total. The first-order valence-corrected chi connectivity index (χ1v) is 7.91. The highest BCUT2D eigenvalue weighted by Crippen LogP contribution is 2.08. The Morgan fingerprint density at radius 2 is 0.960 bits per heavy atom. The van der Waals surface area contributed by atoms with Crippen LogP contribution in [0, 0.1) is 0 Å². The zero-order chi connectivity index (χ0) is 18.1. The number of ether oxygens (including phenoxy) is 3. The smallest absolute Gasteiger partial charge is 0.254 e. The topological polar surface area (TPSA) is 120 Å². The molecule has 4 amide bonds. The predicted molar refractivity (Wildman–Crippen MR) is 84.2 cm³/mol. The van der Waals surface area contributed by atoms with Gasteiger partial charge < -0.3 is 14.2 Å². The van der Waals surface area contributed by atoms with Gasteiger partial charge in [0, 0.05) is 36.1 Å². The van der Waals surface area contributed by atoms with Crippen molar-refractivity contribution in [3.63, 3.8) is 0 Å². The van der Waals surface area contributed by atoms with E-state index in [1.54, 1.807) is 0 Å². The predicted octanol–water partition coefficient (Wildman–Crippen LogP) is -1.02. The van der Waals surface area contributed by atoms with E-state index >= 15 is 0 Å². The van der Waals surface area contributed by atoms with E-state index in [1.165, 1.54) is 12.2 Å². The van der Waals surface area contributed by atoms with Crippen LogP contribution in [0.2, 0.25) is 0 Å². The summed E-state index contributed by atoms with van der Waals surface area (Å²) in [7, 11) is 0. The van der Waals surface area contributed by atoms with Gasteiger partial charge in [0.2, 0.25) is 0 Å². The summed E-state index contributed by atoms with van der Waals surface area (Å²) in [6, 6.07) is 0. The average Bonchev–Trinajstić information content (AvgIpc) is 3.05. The van der Waals surface area contributed by atoms with Crippen LogP contribution in [0.25, 0.3) is 0 Å². The molecule has 9 heteroatoms. The number of hydrogen-bond acceptors (Lipinski definition) is 7. The van der Waals surface area contributed by atoms with Gasteiger partial charge in [0.25, 0.3) is 23.6 Å². The highest BCUT2D eigenvalue weighted by atomic mass is 16.5. The zero-order valence-corrected chi connectivity index (χ0v) is 13.7. The molecule has 0 unspecified atom stereocenters. The molecule has 0 fully saturated rings. The van der Waals surface area contributed by atoms with Crippen LogP contribution in [0.1, 0.15) is 12.8 Å². The van der Waals surface area contributed by atoms with Crippen LogP contribution < -0.4 is 10.6 Å². The molecule has 0 atom stereocenters. The van der Waals surface area contributed by atoms with E-state index < -0.39 is 0 Å². The van der Waals surface area contributed by atoms with E-state index in [0.717, 1.165) is 0 Å². The first-order chi connectivity index (χ1) is 12.1. The van der Waals surface area contributed by atoms with Gasteiger partial charge in [-0.05, 0) is 0 Å². The molecule has 136 valence electrons. The third-order valence-electron chi connectivity index (χ3n) is 3.44. The standard InChI is InChI=1S/C16H20N2O7/c19-13-9-11(15(21)17-13)1-3-23-5-7-25-8-6-24-4-2-12-10-14(20)18-16(12)22/h9-10H,1-8H2,(H,17,19,21)(H,18,20,22). The van der Waals surface area contributed by atoms with E-state index in [4.69, 9.17) is 14.2 Å². The van der Waals surface area contributed by atoms with Crippen LogP contribution in [0.5, 0.6) is 0 Å². The Hall–Kier alpha value is -2.36. The minimum atomic E-state index is -0.389. The van der Waals surface area contributed by atoms with Gasteiger partial charge in [-0.3, -0.25) is 29.8 Å². The number of rotatable bonds is 12. The third kappa shape index (κ3) is 6.57. The summed E-state index contributed by atoms with van der Waals surface area (Å²) < 4.78 is 15.9. The van der Waals surface area contributed by atoms with E-state index in [0.29, 0.717) is 63.6 Å². The lowest BCUT2D eigenvalue weighted by atomic mass is 10.2. The molecule has 0 spiro atoms. The lowest BCUT2D eigenvalue weighted by Crippen LogP contribution is -2.22. The van der Waals surface area contributed by atoms with E-state index in [9.17, 15) is 19.2 Å². The van der Waals surface area contributed by atoms with Gasteiger partial charge in [-0.1, -0.05) is 0 Å². The second kappa shape index (κ2) is 9.82. The molecule has 0 radical (unpaired) electrons. The largest absolute Gasteiger partial charge is 0.379 e. The Morgan fingerprint density at radius 3 is 1.28 bits per heavy atom. The number of hydrogen-bond donors (Lipinski definition) is 2. The minimum Gasteiger partial charge on any atom is -0.379 e. The lowest BCUT2D eigenvalue weighted by molar-refractivity contribution is -0.125. The van der Waals surface area contributed by atoms with Gasteiger partial charge in [-0.25, -0.2) is 0 Å². The quantitative estimate of drug-likeness (QED) is 0.341. The maximum atomic E-state index is 11.3. The summed E-state index contributed by atoms with van der Waals surface area (Å²) in [5.74, 6) is -1.51. The first-order valence-electron chi connectivity index (χ1n) is 7.91. The molecule has 2 heterocycles. The maximum absolute atomic E-state index is 11.3. The van der Waals surface area contributed by atoms with Gasteiger partial charge in [-0.15, -0.1) is 0 Å². The fourth-order valence-electron chi connectivity index (χ4n) is 2.18.